The molecule has 186 valence electrons. The molecule has 0 aliphatic carbocycles. The molecule has 3 heterocycles. The smallest absolute Gasteiger partial charge is 0.338 e. The van der Waals surface area contributed by atoms with Crippen LogP contribution in [0.5, 0.6) is 0 Å². The molecule has 1 saturated heterocycles. The number of aromatic nitrogens is 4. The lowest BCUT2D eigenvalue weighted by Gasteiger charge is -2.32. The molecule has 5 rings (SSSR count). The van der Waals surface area contributed by atoms with E-state index in [1.54, 1.807) is 0 Å². The molecule has 36 heavy (non-hydrogen) atoms. The number of aromatic carboxylic acids is 1. The Balaban J connectivity index is 1.45. The van der Waals surface area contributed by atoms with Crippen LogP contribution in [0.15, 0.2) is 41.2 Å². The van der Waals surface area contributed by atoms with Gasteiger partial charge in [-0.1, -0.05) is 11.2 Å². The van der Waals surface area contributed by atoms with Gasteiger partial charge in [0.15, 0.2) is 5.82 Å². The molecule has 0 saturated carbocycles. The number of nitrogens with zero attached hydrogens (tertiary/aromatic N) is 5. The quantitative estimate of drug-likeness (QED) is 0.374. The third kappa shape index (κ3) is 4.23. The first-order valence-corrected chi connectivity index (χ1v) is 11.1. The van der Waals surface area contributed by atoms with Gasteiger partial charge in [0.2, 0.25) is 0 Å². The van der Waals surface area contributed by atoms with E-state index in [4.69, 9.17) is 9.63 Å². The van der Waals surface area contributed by atoms with Gasteiger partial charge in [-0.15, -0.1) is 0 Å². The summed E-state index contributed by atoms with van der Waals surface area (Å²) in [7, 11) is 0. The van der Waals surface area contributed by atoms with Gasteiger partial charge < -0.3 is 14.5 Å². The number of piperidine rings is 1. The van der Waals surface area contributed by atoms with Crippen LogP contribution in [-0.4, -0.2) is 44.3 Å². The lowest BCUT2D eigenvalue weighted by Crippen LogP contribution is -2.34. The molecule has 1 fully saturated rings. The fourth-order valence-electron chi connectivity index (χ4n) is 4.38. The summed E-state index contributed by atoms with van der Waals surface area (Å²) in [5.41, 5.74) is 0.532. The van der Waals surface area contributed by atoms with Crippen molar-refractivity contribution in [2.45, 2.75) is 31.6 Å². The number of carboxylic acid groups (broad SMARTS) is 1. The lowest BCUT2D eigenvalue weighted by atomic mass is 9.95. The van der Waals surface area contributed by atoms with Gasteiger partial charge in [-0.3, -0.25) is 0 Å². The first-order chi connectivity index (χ1) is 17.1. The number of halogens is 4. The van der Waals surface area contributed by atoms with E-state index >= 15 is 4.39 Å². The second-order valence-electron chi connectivity index (χ2n) is 8.62. The molecule has 0 bridgehead atoms. The van der Waals surface area contributed by atoms with Crippen LogP contribution in [0.1, 0.15) is 47.8 Å². The Kier molecular flexibility index (Phi) is 5.81. The van der Waals surface area contributed by atoms with Crippen LogP contribution in [0.4, 0.5) is 23.4 Å². The predicted molar refractivity (Wildman–Crippen MR) is 120 cm³/mol. The van der Waals surface area contributed by atoms with Crippen LogP contribution >= 0.6 is 0 Å². The maximum atomic E-state index is 15.0. The Labute approximate surface area is 201 Å². The molecule has 0 radical (unpaired) electrons. The third-order valence-electron chi connectivity index (χ3n) is 6.20. The molecule has 0 amide bonds. The summed E-state index contributed by atoms with van der Waals surface area (Å²) >= 11 is 0. The molecular weight excluding hydrogens is 482 g/mol. The maximum Gasteiger partial charge on any atom is 0.338 e. The number of benzene rings is 2. The van der Waals surface area contributed by atoms with Crippen LogP contribution in [0.25, 0.3) is 22.0 Å². The molecule has 1 N–H and O–H groups in total. The highest BCUT2D eigenvalue weighted by Crippen LogP contribution is 2.37. The number of hydrogen-bond donors (Lipinski definition) is 1. The van der Waals surface area contributed by atoms with E-state index in [-0.39, 0.29) is 22.6 Å². The van der Waals surface area contributed by atoms with Gasteiger partial charge in [0.25, 0.3) is 5.89 Å². The van der Waals surface area contributed by atoms with E-state index in [0.717, 1.165) is 12.1 Å². The Bertz CT molecular complexity index is 1460. The van der Waals surface area contributed by atoms with Crippen LogP contribution in [-0.2, 0) is 5.92 Å². The van der Waals surface area contributed by atoms with Gasteiger partial charge in [0, 0.05) is 31.5 Å². The highest BCUT2D eigenvalue weighted by Gasteiger charge is 2.34. The number of anilines is 1. The fraction of sp³-hybridized carbons (Fsp3) is 0.292. The second kappa shape index (κ2) is 8.85. The molecule has 1 aliphatic rings. The summed E-state index contributed by atoms with van der Waals surface area (Å²) in [6.07, 6.45) is 2.29. The normalized spacial score (nSPS) is 15.0. The third-order valence-corrected chi connectivity index (χ3v) is 6.20. The number of rotatable bonds is 5. The first kappa shape index (κ1) is 23.6. The van der Waals surface area contributed by atoms with Gasteiger partial charge in [0.05, 0.1) is 16.5 Å². The molecule has 8 nitrogen and oxygen atoms in total. The highest BCUT2D eigenvalue weighted by atomic mass is 19.3. The first-order valence-electron chi connectivity index (χ1n) is 11.1. The van der Waals surface area contributed by atoms with Crippen LogP contribution < -0.4 is 4.90 Å². The van der Waals surface area contributed by atoms with Crippen molar-refractivity contribution in [1.82, 2.24) is 20.1 Å². The Hall–Kier alpha value is -4.09. The van der Waals surface area contributed by atoms with Gasteiger partial charge >= 0.3 is 11.9 Å². The van der Waals surface area contributed by atoms with E-state index in [1.807, 2.05) is 4.90 Å². The highest BCUT2D eigenvalue weighted by molar-refractivity contribution is 6.00. The van der Waals surface area contributed by atoms with Crippen molar-refractivity contribution in [2.24, 2.45) is 0 Å². The minimum absolute atomic E-state index is 0.142. The molecule has 4 aromatic rings. The molecule has 1 aliphatic heterocycles. The molecule has 0 spiro atoms. The van der Waals surface area contributed by atoms with Crippen molar-refractivity contribution >= 4 is 22.7 Å². The maximum absolute atomic E-state index is 15.0. The minimum Gasteiger partial charge on any atom is -0.478 e. The standard InChI is InChI=1S/C24H19F4N5O3/c1-24(27,28)23-31-20(32-36-23)12-6-8-33(9-7-12)21-18-16(25)5-4-14(19(18)29-11-30-21)13-2-3-15(22(34)35)17(26)10-13/h2-5,10-12H,6-9H2,1H3,(H,34,35). The average Bonchev–Trinajstić information content (AvgIpc) is 3.35. The Morgan fingerprint density at radius 3 is 2.50 bits per heavy atom. The number of carbonyl (C=O) groups is 1. The molecule has 12 heteroatoms. The lowest BCUT2D eigenvalue weighted by molar-refractivity contribution is -0.0158. The predicted octanol–water partition coefficient (Wildman–Crippen LogP) is 5.15. The zero-order chi connectivity index (χ0) is 25.6. The zero-order valence-corrected chi connectivity index (χ0v) is 18.9. The van der Waals surface area contributed by atoms with Crippen molar-refractivity contribution in [3.05, 3.63) is 65.6 Å². The summed E-state index contributed by atoms with van der Waals surface area (Å²) in [6.45, 7) is 1.54. The summed E-state index contributed by atoms with van der Waals surface area (Å²) in [6, 6.07) is 6.33. The Morgan fingerprint density at radius 1 is 1.11 bits per heavy atom. The number of carboxylic acids is 1. The summed E-state index contributed by atoms with van der Waals surface area (Å²) in [4.78, 5) is 25.4. The van der Waals surface area contributed by atoms with Gasteiger partial charge in [-0.25, -0.2) is 23.5 Å². The second-order valence-corrected chi connectivity index (χ2v) is 8.62. The van der Waals surface area contributed by atoms with Crippen LogP contribution in [0, 0.1) is 11.6 Å². The molecular formula is C24H19F4N5O3. The van der Waals surface area contributed by atoms with Crippen molar-refractivity contribution in [3.63, 3.8) is 0 Å². The van der Waals surface area contributed by atoms with Crippen molar-refractivity contribution in [3.8, 4) is 11.1 Å². The van der Waals surface area contributed by atoms with E-state index in [0.29, 0.717) is 49.8 Å². The Morgan fingerprint density at radius 2 is 1.86 bits per heavy atom. The van der Waals surface area contributed by atoms with Gasteiger partial charge in [-0.2, -0.15) is 13.8 Å². The fourth-order valence-corrected chi connectivity index (χ4v) is 4.38. The molecule has 2 aromatic carbocycles. The number of alkyl halides is 2. The largest absolute Gasteiger partial charge is 0.478 e. The monoisotopic (exact) mass is 501 g/mol. The summed E-state index contributed by atoms with van der Waals surface area (Å²) in [5.74, 6) is -6.49. The van der Waals surface area contributed by atoms with Crippen molar-refractivity contribution < 1.29 is 32.0 Å². The zero-order valence-electron chi connectivity index (χ0n) is 18.9. The van der Waals surface area contributed by atoms with E-state index in [9.17, 15) is 18.0 Å². The SMILES string of the molecule is CC(F)(F)c1nc(C2CCN(c3ncnc4c(-c5ccc(C(=O)O)c(F)c5)ccc(F)c34)CC2)no1. The van der Waals surface area contributed by atoms with Crippen LogP contribution in [0.2, 0.25) is 0 Å². The minimum atomic E-state index is -3.22. The summed E-state index contributed by atoms with van der Waals surface area (Å²) in [5, 5.41) is 12.9. The van der Waals surface area contributed by atoms with Crippen molar-refractivity contribution in [2.75, 3.05) is 18.0 Å². The van der Waals surface area contributed by atoms with E-state index in [2.05, 4.69) is 20.1 Å². The van der Waals surface area contributed by atoms with Crippen molar-refractivity contribution in [1.29, 1.82) is 0 Å². The topological polar surface area (TPSA) is 105 Å². The van der Waals surface area contributed by atoms with E-state index in [1.165, 1.54) is 24.5 Å². The van der Waals surface area contributed by atoms with E-state index < -0.39 is 35.0 Å². The number of fused-ring (bicyclic) bond motifs is 1. The summed E-state index contributed by atoms with van der Waals surface area (Å²) < 4.78 is 60.9. The van der Waals surface area contributed by atoms with Gasteiger partial charge in [0.1, 0.15) is 23.8 Å². The average molecular weight is 501 g/mol. The van der Waals surface area contributed by atoms with Gasteiger partial charge in [-0.05, 0) is 42.7 Å². The van der Waals surface area contributed by atoms with Crippen LogP contribution in [0.3, 0.4) is 0 Å². The molecule has 0 unspecified atom stereocenters. The molecule has 2 aromatic heterocycles. The molecule has 0 atom stereocenters. The number of hydrogen-bond acceptors (Lipinski definition) is 7.